The molecule has 0 fully saturated rings. The summed E-state index contributed by atoms with van der Waals surface area (Å²) in [4.78, 5) is 10.4. The van der Waals surface area contributed by atoms with E-state index in [1.54, 1.807) is 12.1 Å². The number of benzene rings is 1. The van der Waals surface area contributed by atoms with Crippen LogP contribution in [0.2, 0.25) is 0 Å². The van der Waals surface area contributed by atoms with Gasteiger partial charge in [-0.1, -0.05) is 0 Å². The standard InChI is InChI=1S/C11H15NO2/c1-7-3-10(14)4-8(2)11(7)5-9(12)6-13/h3-4,6,9,14H,5,12H2,1-2H3/t9-/m0/s1. The van der Waals surface area contributed by atoms with Crippen LogP contribution in [0.1, 0.15) is 16.7 Å². The van der Waals surface area contributed by atoms with Crippen molar-refractivity contribution >= 4 is 6.29 Å². The van der Waals surface area contributed by atoms with Crippen molar-refractivity contribution in [2.45, 2.75) is 26.3 Å². The Hall–Kier alpha value is -1.35. The Balaban J connectivity index is 3.02. The number of phenols is 1. The average Bonchev–Trinajstić information content (AvgIpc) is 2.10. The van der Waals surface area contributed by atoms with Crippen LogP contribution in [0.5, 0.6) is 5.75 Å². The number of carbonyl (C=O) groups is 1. The molecule has 0 aromatic heterocycles. The van der Waals surface area contributed by atoms with E-state index in [9.17, 15) is 9.90 Å². The topological polar surface area (TPSA) is 63.3 Å². The van der Waals surface area contributed by atoms with Gasteiger partial charge in [0.15, 0.2) is 0 Å². The van der Waals surface area contributed by atoms with E-state index in [1.165, 1.54) is 0 Å². The van der Waals surface area contributed by atoms with Crippen LogP contribution in [0, 0.1) is 13.8 Å². The molecule has 0 aliphatic heterocycles. The molecule has 0 radical (unpaired) electrons. The second-order valence-corrected chi connectivity index (χ2v) is 3.56. The molecule has 0 bridgehead atoms. The number of hydrogen-bond donors (Lipinski definition) is 2. The Kier molecular flexibility index (Phi) is 3.25. The number of carbonyl (C=O) groups excluding carboxylic acids is 1. The van der Waals surface area contributed by atoms with Crippen molar-refractivity contribution in [1.29, 1.82) is 0 Å². The molecule has 1 rings (SSSR count). The molecular formula is C11H15NO2. The first kappa shape index (κ1) is 10.7. The lowest BCUT2D eigenvalue weighted by molar-refractivity contribution is -0.108. The molecular weight excluding hydrogens is 178 g/mol. The van der Waals surface area contributed by atoms with Gasteiger partial charge in [-0.2, -0.15) is 0 Å². The minimum absolute atomic E-state index is 0.253. The van der Waals surface area contributed by atoms with Crippen LogP contribution in [0.4, 0.5) is 0 Å². The van der Waals surface area contributed by atoms with Crippen LogP contribution in [0.3, 0.4) is 0 Å². The van der Waals surface area contributed by atoms with Crippen molar-refractivity contribution in [2.75, 3.05) is 0 Å². The number of phenolic OH excluding ortho intramolecular Hbond substituents is 1. The van der Waals surface area contributed by atoms with E-state index in [4.69, 9.17) is 5.73 Å². The molecule has 3 heteroatoms. The fourth-order valence-corrected chi connectivity index (χ4v) is 1.58. The fraction of sp³-hybridized carbons (Fsp3) is 0.364. The van der Waals surface area contributed by atoms with Crippen LogP contribution < -0.4 is 5.73 Å². The summed E-state index contributed by atoms with van der Waals surface area (Å²) in [7, 11) is 0. The molecule has 0 amide bonds. The van der Waals surface area contributed by atoms with Gasteiger partial charge < -0.3 is 15.6 Å². The minimum atomic E-state index is -0.461. The number of hydrogen-bond acceptors (Lipinski definition) is 3. The number of nitrogens with two attached hydrogens (primary N) is 1. The second kappa shape index (κ2) is 4.24. The maximum atomic E-state index is 10.4. The highest BCUT2D eigenvalue weighted by Crippen LogP contribution is 2.21. The van der Waals surface area contributed by atoms with Crippen LogP contribution >= 0.6 is 0 Å². The van der Waals surface area contributed by atoms with E-state index in [0.717, 1.165) is 23.0 Å². The third kappa shape index (κ3) is 2.33. The molecule has 1 aromatic rings. The molecule has 1 aromatic carbocycles. The molecule has 0 unspecified atom stereocenters. The fourth-order valence-electron chi connectivity index (χ4n) is 1.58. The van der Waals surface area contributed by atoms with Crippen LogP contribution in [0.25, 0.3) is 0 Å². The third-order valence-electron chi connectivity index (χ3n) is 2.30. The summed E-state index contributed by atoms with van der Waals surface area (Å²) in [6.45, 7) is 3.80. The predicted molar refractivity (Wildman–Crippen MR) is 55.3 cm³/mol. The molecule has 76 valence electrons. The summed E-state index contributed by atoms with van der Waals surface area (Å²) in [6, 6.07) is 2.90. The molecule has 0 saturated carbocycles. The third-order valence-corrected chi connectivity index (χ3v) is 2.30. The Morgan fingerprint density at radius 3 is 2.36 bits per heavy atom. The average molecular weight is 193 g/mol. The summed E-state index contributed by atoms with van der Waals surface area (Å²) in [5, 5.41) is 9.31. The number of rotatable bonds is 3. The first-order valence-corrected chi connectivity index (χ1v) is 4.54. The zero-order valence-electron chi connectivity index (χ0n) is 8.45. The molecule has 0 heterocycles. The van der Waals surface area contributed by atoms with Crippen molar-refractivity contribution < 1.29 is 9.90 Å². The number of aromatic hydroxyl groups is 1. The Morgan fingerprint density at radius 2 is 1.93 bits per heavy atom. The Bertz CT molecular complexity index is 324. The van der Waals surface area contributed by atoms with Gasteiger partial charge >= 0.3 is 0 Å². The highest BCUT2D eigenvalue weighted by molar-refractivity contribution is 5.58. The number of aryl methyl sites for hydroxylation is 2. The maximum absolute atomic E-state index is 10.4. The van der Waals surface area contributed by atoms with E-state index in [-0.39, 0.29) is 5.75 Å². The largest absolute Gasteiger partial charge is 0.508 e. The highest BCUT2D eigenvalue weighted by Gasteiger charge is 2.08. The highest BCUT2D eigenvalue weighted by atomic mass is 16.3. The van der Waals surface area contributed by atoms with Crippen molar-refractivity contribution in [2.24, 2.45) is 5.73 Å². The van der Waals surface area contributed by atoms with Gasteiger partial charge in [-0.15, -0.1) is 0 Å². The van der Waals surface area contributed by atoms with Crippen LogP contribution in [-0.4, -0.2) is 17.4 Å². The molecule has 14 heavy (non-hydrogen) atoms. The van der Waals surface area contributed by atoms with Crippen LogP contribution in [-0.2, 0) is 11.2 Å². The molecule has 0 aliphatic rings. The zero-order chi connectivity index (χ0) is 10.7. The lowest BCUT2D eigenvalue weighted by atomic mass is 9.97. The predicted octanol–water partition coefficient (Wildman–Crippen LogP) is 1.08. The molecule has 0 spiro atoms. The molecule has 3 N–H and O–H groups in total. The van der Waals surface area contributed by atoms with Gasteiger partial charge in [0.05, 0.1) is 6.04 Å². The summed E-state index contributed by atoms with van der Waals surface area (Å²) in [5.41, 5.74) is 8.54. The smallest absolute Gasteiger partial charge is 0.137 e. The monoisotopic (exact) mass is 193 g/mol. The van der Waals surface area contributed by atoms with Gasteiger partial charge in [-0.25, -0.2) is 0 Å². The van der Waals surface area contributed by atoms with Gasteiger partial charge in [-0.3, -0.25) is 0 Å². The normalized spacial score (nSPS) is 12.5. The summed E-state index contributed by atoms with van der Waals surface area (Å²) in [5.74, 6) is 0.253. The molecule has 0 aliphatic carbocycles. The van der Waals surface area contributed by atoms with Gasteiger partial charge in [-0.05, 0) is 49.1 Å². The van der Waals surface area contributed by atoms with E-state index in [2.05, 4.69) is 0 Å². The Morgan fingerprint density at radius 1 is 1.43 bits per heavy atom. The summed E-state index contributed by atoms with van der Waals surface area (Å²) < 4.78 is 0. The van der Waals surface area contributed by atoms with E-state index in [1.807, 2.05) is 13.8 Å². The van der Waals surface area contributed by atoms with Crippen molar-refractivity contribution in [3.05, 3.63) is 28.8 Å². The summed E-state index contributed by atoms with van der Waals surface area (Å²) in [6.07, 6.45) is 1.27. The van der Waals surface area contributed by atoms with E-state index < -0.39 is 6.04 Å². The van der Waals surface area contributed by atoms with E-state index in [0.29, 0.717) is 6.42 Å². The number of aldehydes is 1. The summed E-state index contributed by atoms with van der Waals surface area (Å²) >= 11 is 0. The lowest BCUT2D eigenvalue weighted by Gasteiger charge is -2.11. The first-order chi connectivity index (χ1) is 6.54. The van der Waals surface area contributed by atoms with Gasteiger partial charge in [0, 0.05) is 0 Å². The van der Waals surface area contributed by atoms with E-state index >= 15 is 0 Å². The lowest BCUT2D eigenvalue weighted by Crippen LogP contribution is -2.24. The van der Waals surface area contributed by atoms with Crippen molar-refractivity contribution in [3.63, 3.8) is 0 Å². The van der Waals surface area contributed by atoms with Crippen molar-refractivity contribution in [3.8, 4) is 5.75 Å². The van der Waals surface area contributed by atoms with Crippen LogP contribution in [0.15, 0.2) is 12.1 Å². The quantitative estimate of drug-likeness (QED) is 0.706. The van der Waals surface area contributed by atoms with Gasteiger partial charge in [0.25, 0.3) is 0 Å². The first-order valence-electron chi connectivity index (χ1n) is 4.54. The second-order valence-electron chi connectivity index (χ2n) is 3.56. The molecule has 1 atom stereocenters. The molecule has 3 nitrogen and oxygen atoms in total. The minimum Gasteiger partial charge on any atom is -0.508 e. The van der Waals surface area contributed by atoms with Crippen molar-refractivity contribution in [1.82, 2.24) is 0 Å². The van der Waals surface area contributed by atoms with Gasteiger partial charge in [0.2, 0.25) is 0 Å². The Labute approximate surface area is 83.6 Å². The maximum Gasteiger partial charge on any atom is 0.137 e. The molecule has 0 saturated heterocycles. The van der Waals surface area contributed by atoms with Gasteiger partial charge in [0.1, 0.15) is 12.0 Å². The zero-order valence-corrected chi connectivity index (χ0v) is 8.45. The SMILES string of the molecule is Cc1cc(O)cc(C)c1C[C@H](N)C=O.